The normalized spacial score (nSPS) is 28.2. The summed E-state index contributed by atoms with van der Waals surface area (Å²) in [7, 11) is 1.56. The van der Waals surface area contributed by atoms with E-state index >= 15 is 0 Å². The number of benzene rings is 3. The van der Waals surface area contributed by atoms with Gasteiger partial charge in [0.15, 0.2) is 0 Å². The van der Waals surface area contributed by atoms with E-state index in [1.165, 1.54) is 16.0 Å². The molecule has 0 unspecified atom stereocenters. The maximum Gasteiger partial charge on any atom is 0.239 e. The van der Waals surface area contributed by atoms with Crippen LogP contribution in [-0.4, -0.2) is 18.9 Å². The Morgan fingerprint density at radius 1 is 0.800 bits per heavy atom. The molecule has 2 atom stereocenters. The van der Waals surface area contributed by atoms with E-state index in [4.69, 9.17) is 4.74 Å². The van der Waals surface area contributed by atoms with Crippen LogP contribution in [0.15, 0.2) is 72.8 Å². The summed E-state index contributed by atoms with van der Waals surface area (Å²) in [6, 6.07) is 23.9. The summed E-state index contributed by atoms with van der Waals surface area (Å²) in [5.41, 5.74) is 4.65. The monoisotopic (exact) mass is 395 g/mol. The average molecular weight is 395 g/mol. The van der Waals surface area contributed by atoms with Gasteiger partial charge < -0.3 is 4.74 Å². The van der Waals surface area contributed by atoms with E-state index in [0.717, 1.165) is 11.1 Å². The molecule has 1 fully saturated rings. The standard InChI is InChI=1S/C26H21NO3/c1-26-17-11-5-3-9-15(17)21(16-10-4-6-12-18(16)26)22-23(26)25(29)27(24(22)28)19-13-7-8-14-20(19)30-2/h3-14,21-23H,1-2H3/t21?,22-,23+,26?/m0/s1. The van der Waals surface area contributed by atoms with Gasteiger partial charge in [-0.05, 0) is 34.4 Å². The Morgan fingerprint density at radius 2 is 1.37 bits per heavy atom. The first-order valence-corrected chi connectivity index (χ1v) is 10.3. The molecule has 0 spiro atoms. The van der Waals surface area contributed by atoms with E-state index in [1.54, 1.807) is 19.2 Å². The number of methoxy groups -OCH3 is 1. The summed E-state index contributed by atoms with van der Waals surface area (Å²) in [6.45, 7) is 2.13. The minimum atomic E-state index is -0.546. The van der Waals surface area contributed by atoms with Crippen molar-refractivity contribution in [2.45, 2.75) is 18.3 Å². The quantitative estimate of drug-likeness (QED) is 0.609. The third-order valence-electron chi connectivity index (χ3n) is 7.37. The van der Waals surface area contributed by atoms with Crippen molar-refractivity contribution in [3.63, 3.8) is 0 Å². The van der Waals surface area contributed by atoms with Crippen LogP contribution in [0.5, 0.6) is 5.75 Å². The van der Waals surface area contributed by atoms with Crippen molar-refractivity contribution in [1.82, 2.24) is 0 Å². The maximum atomic E-state index is 13.9. The zero-order chi connectivity index (χ0) is 20.6. The number of anilines is 1. The zero-order valence-electron chi connectivity index (χ0n) is 16.8. The fourth-order valence-corrected chi connectivity index (χ4v) is 6.20. The molecule has 0 aromatic heterocycles. The molecule has 7 rings (SSSR count). The van der Waals surface area contributed by atoms with Gasteiger partial charge in [0.1, 0.15) is 5.75 Å². The molecule has 4 nitrogen and oxygen atoms in total. The summed E-state index contributed by atoms with van der Waals surface area (Å²) in [6.07, 6.45) is 0. The van der Waals surface area contributed by atoms with Crippen LogP contribution in [0, 0.1) is 11.8 Å². The van der Waals surface area contributed by atoms with Crippen LogP contribution in [-0.2, 0) is 15.0 Å². The van der Waals surface area contributed by atoms with Gasteiger partial charge in [-0.1, -0.05) is 67.6 Å². The van der Waals surface area contributed by atoms with Crippen LogP contribution < -0.4 is 9.64 Å². The number of carbonyl (C=O) groups is 2. The highest BCUT2D eigenvalue weighted by atomic mass is 16.5. The molecule has 0 saturated carbocycles. The smallest absolute Gasteiger partial charge is 0.239 e. The second-order valence-corrected chi connectivity index (χ2v) is 8.54. The van der Waals surface area contributed by atoms with Gasteiger partial charge in [0.2, 0.25) is 11.8 Å². The van der Waals surface area contributed by atoms with Crippen LogP contribution in [0.3, 0.4) is 0 Å². The van der Waals surface area contributed by atoms with Gasteiger partial charge in [-0.3, -0.25) is 9.59 Å². The molecule has 3 aromatic rings. The molecule has 3 aliphatic carbocycles. The maximum absolute atomic E-state index is 13.9. The molecular weight excluding hydrogens is 374 g/mol. The molecule has 0 N–H and O–H groups in total. The lowest BCUT2D eigenvalue weighted by Gasteiger charge is -2.52. The minimum absolute atomic E-state index is 0.111. The Labute approximate surface area is 175 Å². The highest BCUT2D eigenvalue weighted by molar-refractivity contribution is 6.24. The summed E-state index contributed by atoms with van der Waals surface area (Å²) in [5.74, 6) is -0.673. The van der Waals surface area contributed by atoms with Gasteiger partial charge >= 0.3 is 0 Å². The van der Waals surface area contributed by atoms with Gasteiger partial charge in [0.25, 0.3) is 0 Å². The molecule has 30 heavy (non-hydrogen) atoms. The van der Waals surface area contributed by atoms with Gasteiger partial charge in [-0.2, -0.15) is 0 Å². The highest BCUT2D eigenvalue weighted by Gasteiger charge is 2.66. The first kappa shape index (κ1) is 17.5. The first-order valence-electron chi connectivity index (χ1n) is 10.3. The Morgan fingerprint density at radius 3 is 2.00 bits per heavy atom. The number of hydrogen-bond donors (Lipinski definition) is 0. The van der Waals surface area contributed by atoms with Crippen LogP contribution in [0.1, 0.15) is 35.1 Å². The number of carbonyl (C=O) groups excluding carboxylic acids is 2. The van der Waals surface area contributed by atoms with Crippen LogP contribution in [0.2, 0.25) is 0 Å². The number of ether oxygens (including phenoxy) is 1. The van der Waals surface area contributed by atoms with E-state index in [2.05, 4.69) is 31.2 Å². The van der Waals surface area contributed by atoms with Gasteiger partial charge in [0, 0.05) is 11.3 Å². The van der Waals surface area contributed by atoms with Gasteiger partial charge in [0.05, 0.1) is 24.6 Å². The van der Waals surface area contributed by atoms with Crippen molar-refractivity contribution in [2.75, 3.05) is 12.0 Å². The number of para-hydroxylation sites is 2. The first-order chi connectivity index (χ1) is 14.6. The molecule has 1 saturated heterocycles. The Bertz CT molecular complexity index is 1180. The van der Waals surface area contributed by atoms with E-state index in [1.807, 2.05) is 36.4 Å². The summed E-state index contributed by atoms with van der Waals surface area (Å²) >= 11 is 0. The lowest BCUT2D eigenvalue weighted by atomic mass is 9.48. The van der Waals surface area contributed by atoms with Crippen molar-refractivity contribution >= 4 is 17.5 Å². The predicted molar refractivity (Wildman–Crippen MR) is 114 cm³/mol. The molecule has 1 heterocycles. The van der Waals surface area contributed by atoms with Crippen LogP contribution >= 0.6 is 0 Å². The van der Waals surface area contributed by atoms with Crippen LogP contribution in [0.25, 0.3) is 0 Å². The molecule has 1 aliphatic heterocycles. The zero-order valence-corrected chi connectivity index (χ0v) is 16.8. The van der Waals surface area contributed by atoms with Crippen molar-refractivity contribution in [2.24, 2.45) is 11.8 Å². The third kappa shape index (κ3) is 1.87. The predicted octanol–water partition coefficient (Wildman–Crippen LogP) is 4.27. The largest absolute Gasteiger partial charge is 0.495 e. The second-order valence-electron chi connectivity index (χ2n) is 8.54. The molecule has 4 aliphatic rings. The number of imide groups is 1. The van der Waals surface area contributed by atoms with Crippen molar-refractivity contribution in [3.8, 4) is 5.75 Å². The van der Waals surface area contributed by atoms with Crippen molar-refractivity contribution < 1.29 is 14.3 Å². The van der Waals surface area contributed by atoms with Gasteiger partial charge in [-0.25, -0.2) is 4.90 Å². The lowest BCUT2D eigenvalue weighted by Crippen LogP contribution is -2.51. The highest BCUT2D eigenvalue weighted by Crippen LogP contribution is 2.64. The summed E-state index contributed by atoms with van der Waals surface area (Å²) in [5, 5.41) is 0. The van der Waals surface area contributed by atoms with Crippen LogP contribution in [0.4, 0.5) is 5.69 Å². The molecule has 2 bridgehead atoms. The number of nitrogens with zero attached hydrogens (tertiary/aromatic N) is 1. The molecule has 2 amide bonds. The van der Waals surface area contributed by atoms with E-state index < -0.39 is 17.3 Å². The van der Waals surface area contributed by atoms with E-state index in [9.17, 15) is 9.59 Å². The molecule has 3 aromatic carbocycles. The van der Waals surface area contributed by atoms with E-state index in [-0.39, 0.29) is 17.7 Å². The second kappa shape index (κ2) is 5.82. The fourth-order valence-electron chi connectivity index (χ4n) is 6.20. The van der Waals surface area contributed by atoms with Gasteiger partial charge in [-0.15, -0.1) is 0 Å². The molecule has 4 heteroatoms. The number of hydrogen-bond acceptors (Lipinski definition) is 3. The number of amides is 2. The Hall–Kier alpha value is -3.40. The lowest BCUT2D eigenvalue weighted by molar-refractivity contribution is -0.123. The SMILES string of the molecule is COc1ccccc1N1C(=O)[C@H]2C3c4ccccc4C(C)(c4ccccc43)[C@H]2C1=O. The molecular formula is C26H21NO3. The Kier molecular flexibility index (Phi) is 3.39. The Balaban J connectivity index is 1.62. The topological polar surface area (TPSA) is 46.6 Å². The van der Waals surface area contributed by atoms with Crippen molar-refractivity contribution in [1.29, 1.82) is 0 Å². The minimum Gasteiger partial charge on any atom is -0.495 e. The molecule has 0 radical (unpaired) electrons. The molecule has 148 valence electrons. The third-order valence-corrected chi connectivity index (χ3v) is 7.37. The fraction of sp³-hybridized carbons (Fsp3) is 0.231. The average Bonchev–Trinajstić information content (AvgIpc) is 3.05. The van der Waals surface area contributed by atoms with E-state index in [0.29, 0.717) is 11.4 Å². The summed E-state index contributed by atoms with van der Waals surface area (Å²) < 4.78 is 5.48. The summed E-state index contributed by atoms with van der Waals surface area (Å²) in [4.78, 5) is 29.1. The number of rotatable bonds is 2. The van der Waals surface area contributed by atoms with Crippen molar-refractivity contribution in [3.05, 3.63) is 95.1 Å².